The second-order valence-corrected chi connectivity index (χ2v) is 6.53. The molecule has 1 aromatic heterocycles. The maximum Gasteiger partial charge on any atom is 0.337 e. The third-order valence-electron chi connectivity index (χ3n) is 4.63. The van der Waals surface area contributed by atoms with Gasteiger partial charge in [-0.3, -0.25) is 0 Å². The van der Waals surface area contributed by atoms with Crippen molar-refractivity contribution >= 4 is 29.0 Å². The Bertz CT molecular complexity index is 1150. The van der Waals surface area contributed by atoms with Crippen molar-refractivity contribution in [3.05, 3.63) is 86.8 Å². The van der Waals surface area contributed by atoms with Crippen LogP contribution in [0.25, 0.3) is 17.0 Å². The summed E-state index contributed by atoms with van der Waals surface area (Å²) in [7, 11) is 1.31. The van der Waals surface area contributed by atoms with Gasteiger partial charge < -0.3 is 13.9 Å². The van der Waals surface area contributed by atoms with Crippen molar-refractivity contribution in [2.75, 3.05) is 7.11 Å². The minimum absolute atomic E-state index is 0.0466. The molecule has 0 spiro atoms. The molecule has 0 unspecified atom stereocenters. The Morgan fingerprint density at radius 3 is 2.48 bits per heavy atom. The van der Waals surface area contributed by atoms with E-state index in [0.29, 0.717) is 16.7 Å². The number of carbonyl (C=O) groups is 2. The van der Waals surface area contributed by atoms with Gasteiger partial charge in [0.05, 0.1) is 12.7 Å². The monoisotopic (exact) mass is 392 g/mol. The van der Waals surface area contributed by atoms with E-state index in [1.165, 1.54) is 19.3 Å². The molecule has 0 aliphatic carbocycles. The number of hydrogen-bond acceptors (Lipinski definition) is 6. The van der Waals surface area contributed by atoms with Gasteiger partial charge in [0.2, 0.25) is 0 Å². The summed E-state index contributed by atoms with van der Waals surface area (Å²) in [5, 5.41) is 0.739. The lowest BCUT2D eigenvalue weighted by molar-refractivity contribution is -0.138. The first kappa shape index (κ1) is 20.1. The number of fused-ring (bicyclic) bond motifs is 1. The standard InChI is InChI=1S/C23H20O6/c1-14-4-10-19-18(12-21(25)29-22(19)15(14)2)13-28-20(24)11-7-16-5-8-17(9-6-16)23(26)27-3/h4-12H,13H2,1-3H3/b11-7+. The Morgan fingerprint density at radius 2 is 1.79 bits per heavy atom. The second kappa shape index (κ2) is 8.56. The van der Waals surface area contributed by atoms with Gasteiger partial charge in [-0.15, -0.1) is 0 Å². The van der Waals surface area contributed by atoms with Gasteiger partial charge in [0, 0.05) is 23.1 Å². The topological polar surface area (TPSA) is 82.8 Å². The highest BCUT2D eigenvalue weighted by molar-refractivity contribution is 5.90. The van der Waals surface area contributed by atoms with Crippen molar-refractivity contribution < 1.29 is 23.5 Å². The Morgan fingerprint density at radius 1 is 1.07 bits per heavy atom. The van der Waals surface area contributed by atoms with E-state index in [0.717, 1.165) is 22.1 Å². The molecule has 0 bridgehead atoms. The van der Waals surface area contributed by atoms with Crippen LogP contribution >= 0.6 is 0 Å². The molecule has 6 nitrogen and oxygen atoms in total. The predicted octanol–water partition coefficient (Wildman–Crippen LogP) is 3.95. The average Bonchev–Trinajstić information content (AvgIpc) is 2.73. The largest absolute Gasteiger partial charge is 0.465 e. The quantitative estimate of drug-likeness (QED) is 0.371. The van der Waals surface area contributed by atoms with E-state index < -0.39 is 17.6 Å². The van der Waals surface area contributed by atoms with Crippen LogP contribution in [0.2, 0.25) is 0 Å². The van der Waals surface area contributed by atoms with Gasteiger partial charge in [-0.25, -0.2) is 14.4 Å². The molecule has 3 rings (SSSR count). The molecule has 3 aromatic rings. The summed E-state index contributed by atoms with van der Waals surface area (Å²) in [5.41, 5.74) is 3.64. The SMILES string of the molecule is COC(=O)c1ccc(/C=C/C(=O)OCc2cc(=O)oc3c(C)c(C)ccc23)cc1. The van der Waals surface area contributed by atoms with Crippen LogP contribution in [0.5, 0.6) is 0 Å². The van der Waals surface area contributed by atoms with Crippen LogP contribution < -0.4 is 5.63 Å². The number of methoxy groups -OCH3 is 1. The fourth-order valence-corrected chi connectivity index (χ4v) is 2.85. The summed E-state index contributed by atoms with van der Waals surface area (Å²) < 4.78 is 15.2. The van der Waals surface area contributed by atoms with Gasteiger partial charge in [-0.05, 0) is 48.7 Å². The summed E-state index contributed by atoms with van der Waals surface area (Å²) in [6.45, 7) is 3.77. The molecule has 0 saturated carbocycles. The normalized spacial score (nSPS) is 11.0. The average molecular weight is 392 g/mol. The minimum atomic E-state index is -0.549. The fourth-order valence-electron chi connectivity index (χ4n) is 2.85. The number of aryl methyl sites for hydroxylation is 2. The zero-order valence-corrected chi connectivity index (χ0v) is 16.4. The van der Waals surface area contributed by atoms with E-state index in [9.17, 15) is 14.4 Å². The van der Waals surface area contributed by atoms with E-state index in [4.69, 9.17) is 9.15 Å². The number of hydrogen-bond donors (Lipinski definition) is 0. The molecule has 2 aromatic carbocycles. The molecule has 0 atom stereocenters. The van der Waals surface area contributed by atoms with Crippen LogP contribution in [0, 0.1) is 13.8 Å². The molecule has 0 fully saturated rings. The zero-order valence-electron chi connectivity index (χ0n) is 16.4. The summed E-state index contributed by atoms with van der Waals surface area (Å²) in [5.74, 6) is -0.975. The third kappa shape index (κ3) is 4.60. The van der Waals surface area contributed by atoms with Gasteiger partial charge in [-0.1, -0.05) is 24.3 Å². The van der Waals surface area contributed by atoms with Gasteiger partial charge in [0.1, 0.15) is 12.2 Å². The maximum atomic E-state index is 12.1. The highest BCUT2D eigenvalue weighted by atomic mass is 16.5. The summed E-state index contributed by atoms with van der Waals surface area (Å²) in [6.07, 6.45) is 2.87. The smallest absolute Gasteiger partial charge is 0.337 e. The third-order valence-corrected chi connectivity index (χ3v) is 4.63. The van der Waals surface area contributed by atoms with E-state index >= 15 is 0 Å². The molecule has 0 aliphatic rings. The molecular weight excluding hydrogens is 372 g/mol. The summed E-state index contributed by atoms with van der Waals surface area (Å²) in [6, 6.07) is 11.7. The van der Waals surface area contributed by atoms with Crippen LogP contribution in [0.3, 0.4) is 0 Å². The number of rotatable bonds is 5. The van der Waals surface area contributed by atoms with E-state index in [-0.39, 0.29) is 6.61 Å². The first-order chi connectivity index (χ1) is 13.9. The Balaban J connectivity index is 1.71. The van der Waals surface area contributed by atoms with Crippen LogP contribution in [0.1, 0.15) is 32.6 Å². The molecule has 6 heteroatoms. The van der Waals surface area contributed by atoms with Crippen LogP contribution in [-0.2, 0) is 20.9 Å². The minimum Gasteiger partial charge on any atom is -0.465 e. The van der Waals surface area contributed by atoms with E-state index in [2.05, 4.69) is 4.74 Å². The van der Waals surface area contributed by atoms with Crippen LogP contribution in [0.4, 0.5) is 0 Å². The van der Waals surface area contributed by atoms with Gasteiger partial charge >= 0.3 is 17.6 Å². The Kier molecular flexibility index (Phi) is 5.93. The lowest BCUT2D eigenvalue weighted by atomic mass is 10.0. The van der Waals surface area contributed by atoms with Crippen molar-refractivity contribution in [1.82, 2.24) is 0 Å². The van der Waals surface area contributed by atoms with Crippen molar-refractivity contribution in [1.29, 1.82) is 0 Å². The molecule has 0 saturated heterocycles. The predicted molar refractivity (Wildman–Crippen MR) is 109 cm³/mol. The molecule has 0 amide bonds. The van der Waals surface area contributed by atoms with E-state index in [1.54, 1.807) is 30.3 Å². The maximum absolute atomic E-state index is 12.1. The Labute approximate surface area is 167 Å². The highest BCUT2D eigenvalue weighted by Gasteiger charge is 2.11. The van der Waals surface area contributed by atoms with Crippen LogP contribution in [-0.4, -0.2) is 19.0 Å². The molecule has 0 aliphatic heterocycles. The first-order valence-corrected chi connectivity index (χ1v) is 8.95. The van der Waals surface area contributed by atoms with Gasteiger partial charge in [0.15, 0.2) is 0 Å². The fraction of sp³-hybridized carbons (Fsp3) is 0.174. The lowest BCUT2D eigenvalue weighted by Crippen LogP contribution is -2.06. The lowest BCUT2D eigenvalue weighted by Gasteiger charge is -2.09. The zero-order chi connectivity index (χ0) is 21.0. The van der Waals surface area contributed by atoms with Gasteiger partial charge in [-0.2, -0.15) is 0 Å². The molecule has 0 N–H and O–H groups in total. The number of benzene rings is 2. The second-order valence-electron chi connectivity index (χ2n) is 6.53. The molecule has 148 valence electrons. The van der Waals surface area contributed by atoms with E-state index in [1.807, 2.05) is 26.0 Å². The summed E-state index contributed by atoms with van der Waals surface area (Å²) >= 11 is 0. The number of carbonyl (C=O) groups excluding carboxylic acids is 2. The van der Waals surface area contributed by atoms with Gasteiger partial charge in [0.25, 0.3) is 0 Å². The van der Waals surface area contributed by atoms with Crippen molar-refractivity contribution in [2.45, 2.75) is 20.5 Å². The molecule has 1 heterocycles. The van der Waals surface area contributed by atoms with Crippen molar-refractivity contribution in [3.63, 3.8) is 0 Å². The molecule has 0 radical (unpaired) electrons. The summed E-state index contributed by atoms with van der Waals surface area (Å²) in [4.78, 5) is 35.4. The molecular formula is C23H20O6. The number of ether oxygens (including phenoxy) is 2. The number of esters is 2. The van der Waals surface area contributed by atoms with Crippen LogP contribution in [0.15, 0.2) is 57.8 Å². The molecule has 29 heavy (non-hydrogen) atoms. The van der Waals surface area contributed by atoms with Crippen molar-refractivity contribution in [3.8, 4) is 0 Å². The van der Waals surface area contributed by atoms with Crippen molar-refractivity contribution in [2.24, 2.45) is 0 Å². The Hall–Kier alpha value is -3.67. The first-order valence-electron chi connectivity index (χ1n) is 8.95. The highest BCUT2D eigenvalue weighted by Crippen LogP contribution is 2.23.